The minimum absolute atomic E-state index is 0.144. The molecular weight excluding hydrogens is 320 g/mol. The van der Waals surface area contributed by atoms with Crippen molar-refractivity contribution < 1.29 is 19.1 Å². The van der Waals surface area contributed by atoms with E-state index in [0.29, 0.717) is 18.7 Å². The molecule has 2 aromatic rings. The molecule has 1 saturated heterocycles. The van der Waals surface area contributed by atoms with Crippen LogP contribution in [-0.2, 0) is 14.3 Å². The first-order valence-corrected chi connectivity index (χ1v) is 8.53. The van der Waals surface area contributed by atoms with Crippen LogP contribution >= 0.6 is 0 Å². The van der Waals surface area contributed by atoms with Gasteiger partial charge in [-0.1, -0.05) is 24.3 Å². The van der Waals surface area contributed by atoms with Crippen LogP contribution in [-0.4, -0.2) is 43.7 Å². The number of fused-ring (bicyclic) bond motifs is 1. The average Bonchev–Trinajstić information content (AvgIpc) is 2.66. The maximum absolute atomic E-state index is 12.1. The van der Waals surface area contributed by atoms with E-state index >= 15 is 0 Å². The Bertz CT molecular complexity index is 790. The number of carbonyl (C=O) groups is 2. The highest BCUT2D eigenvalue weighted by atomic mass is 16.5. The van der Waals surface area contributed by atoms with Crippen LogP contribution in [0.3, 0.4) is 0 Å². The van der Waals surface area contributed by atoms with Gasteiger partial charge in [-0.3, -0.25) is 4.79 Å². The fourth-order valence-electron chi connectivity index (χ4n) is 3.32. The molecule has 0 spiro atoms. The van der Waals surface area contributed by atoms with Crippen LogP contribution in [0.1, 0.15) is 30.1 Å². The van der Waals surface area contributed by atoms with E-state index in [0.717, 1.165) is 36.0 Å². The van der Waals surface area contributed by atoms with Crippen LogP contribution in [0.15, 0.2) is 30.5 Å². The average molecular weight is 342 g/mol. The van der Waals surface area contributed by atoms with Crippen molar-refractivity contribution in [3.63, 3.8) is 0 Å². The number of ether oxygens (including phenoxy) is 2. The molecule has 1 fully saturated rings. The predicted molar refractivity (Wildman–Crippen MR) is 94.7 cm³/mol. The third kappa shape index (κ3) is 3.43. The van der Waals surface area contributed by atoms with Gasteiger partial charge in [0.2, 0.25) is 0 Å². The van der Waals surface area contributed by atoms with E-state index < -0.39 is 5.97 Å². The summed E-state index contributed by atoms with van der Waals surface area (Å²) in [6.45, 7) is 3.61. The molecule has 6 heteroatoms. The van der Waals surface area contributed by atoms with Crippen molar-refractivity contribution in [1.82, 2.24) is 4.98 Å². The molecule has 1 aliphatic heterocycles. The highest BCUT2D eigenvalue weighted by Crippen LogP contribution is 2.30. The van der Waals surface area contributed by atoms with E-state index in [-0.39, 0.29) is 11.9 Å². The molecule has 0 N–H and O–H groups in total. The van der Waals surface area contributed by atoms with Crippen molar-refractivity contribution in [2.75, 3.05) is 31.7 Å². The van der Waals surface area contributed by atoms with Gasteiger partial charge in [-0.25, -0.2) is 9.78 Å². The van der Waals surface area contributed by atoms with Crippen molar-refractivity contribution >= 4 is 28.5 Å². The number of hydrogen-bond donors (Lipinski definition) is 0. The van der Waals surface area contributed by atoms with E-state index in [1.54, 1.807) is 6.20 Å². The Morgan fingerprint density at radius 2 is 2.04 bits per heavy atom. The van der Waals surface area contributed by atoms with Crippen molar-refractivity contribution in [1.29, 1.82) is 0 Å². The maximum atomic E-state index is 12.1. The van der Waals surface area contributed by atoms with Gasteiger partial charge >= 0.3 is 11.9 Å². The normalized spacial score (nSPS) is 17.4. The summed E-state index contributed by atoms with van der Waals surface area (Å²) in [6, 6.07) is 7.63. The third-order valence-electron chi connectivity index (χ3n) is 4.52. The van der Waals surface area contributed by atoms with Gasteiger partial charge in [0.1, 0.15) is 5.82 Å². The standard InChI is InChI=1S/C19H22N2O4/c1-3-25-18(22)13-7-6-10-21(12-13)17-15-9-5-4-8-14(15)16(11-20-17)19(23)24-2/h4-5,8-9,11,13H,3,6-7,10,12H2,1-2H3. The first-order valence-electron chi connectivity index (χ1n) is 8.53. The fourth-order valence-corrected chi connectivity index (χ4v) is 3.32. The number of methoxy groups -OCH3 is 1. The van der Waals surface area contributed by atoms with Gasteiger partial charge in [-0.05, 0) is 19.8 Å². The summed E-state index contributed by atoms with van der Waals surface area (Å²) >= 11 is 0. The SMILES string of the molecule is CCOC(=O)C1CCCN(c2ncc(C(=O)OC)c3ccccc23)C1. The Morgan fingerprint density at radius 3 is 2.76 bits per heavy atom. The van der Waals surface area contributed by atoms with Crippen molar-refractivity contribution in [2.24, 2.45) is 5.92 Å². The molecule has 0 radical (unpaired) electrons. The summed E-state index contributed by atoms with van der Waals surface area (Å²) in [5.74, 6) is 0.0905. The number of carbonyl (C=O) groups excluding carboxylic acids is 2. The second-order valence-corrected chi connectivity index (χ2v) is 6.07. The molecule has 0 bridgehead atoms. The van der Waals surface area contributed by atoms with Crippen LogP contribution in [0, 0.1) is 5.92 Å². The minimum atomic E-state index is -0.404. The zero-order valence-electron chi connectivity index (χ0n) is 14.5. The van der Waals surface area contributed by atoms with Crippen LogP contribution in [0.2, 0.25) is 0 Å². The van der Waals surface area contributed by atoms with E-state index in [4.69, 9.17) is 9.47 Å². The Balaban J connectivity index is 1.96. The number of nitrogens with zero attached hydrogens (tertiary/aromatic N) is 2. The molecule has 132 valence electrons. The summed E-state index contributed by atoms with van der Waals surface area (Å²) < 4.78 is 10.0. The van der Waals surface area contributed by atoms with Gasteiger partial charge in [-0.15, -0.1) is 0 Å². The molecule has 25 heavy (non-hydrogen) atoms. The molecule has 2 heterocycles. The molecule has 0 saturated carbocycles. The Labute approximate surface area is 146 Å². The number of rotatable bonds is 4. The lowest BCUT2D eigenvalue weighted by atomic mass is 9.97. The van der Waals surface area contributed by atoms with Gasteiger partial charge in [0.25, 0.3) is 0 Å². The molecular formula is C19H22N2O4. The minimum Gasteiger partial charge on any atom is -0.466 e. The molecule has 1 aromatic heterocycles. The lowest BCUT2D eigenvalue weighted by molar-refractivity contribution is -0.148. The van der Waals surface area contributed by atoms with E-state index in [1.807, 2.05) is 31.2 Å². The van der Waals surface area contributed by atoms with Gasteiger partial charge in [0.05, 0.1) is 25.2 Å². The number of esters is 2. The number of anilines is 1. The lowest BCUT2D eigenvalue weighted by Crippen LogP contribution is -2.40. The summed E-state index contributed by atoms with van der Waals surface area (Å²) in [7, 11) is 1.36. The molecule has 1 aliphatic rings. The molecule has 1 aromatic carbocycles. The Morgan fingerprint density at radius 1 is 1.28 bits per heavy atom. The zero-order valence-corrected chi connectivity index (χ0v) is 14.5. The van der Waals surface area contributed by atoms with E-state index in [1.165, 1.54) is 7.11 Å². The van der Waals surface area contributed by atoms with Crippen LogP contribution < -0.4 is 4.90 Å². The van der Waals surface area contributed by atoms with Crippen LogP contribution in [0.5, 0.6) is 0 Å². The second kappa shape index (κ2) is 7.51. The van der Waals surface area contributed by atoms with Gasteiger partial charge in [0.15, 0.2) is 0 Å². The monoisotopic (exact) mass is 342 g/mol. The third-order valence-corrected chi connectivity index (χ3v) is 4.52. The summed E-state index contributed by atoms with van der Waals surface area (Å²) in [5.41, 5.74) is 0.445. The smallest absolute Gasteiger partial charge is 0.340 e. The fraction of sp³-hybridized carbons (Fsp3) is 0.421. The highest BCUT2D eigenvalue weighted by molar-refractivity contribution is 6.07. The topological polar surface area (TPSA) is 68.7 Å². The number of aromatic nitrogens is 1. The van der Waals surface area contributed by atoms with Gasteiger partial charge in [0, 0.05) is 30.1 Å². The van der Waals surface area contributed by atoms with Crippen molar-refractivity contribution in [3.8, 4) is 0 Å². The largest absolute Gasteiger partial charge is 0.466 e. The van der Waals surface area contributed by atoms with Crippen molar-refractivity contribution in [3.05, 3.63) is 36.0 Å². The summed E-state index contributed by atoms with van der Waals surface area (Å²) in [4.78, 5) is 30.7. The molecule has 0 aliphatic carbocycles. The molecule has 1 atom stereocenters. The number of pyridine rings is 1. The van der Waals surface area contributed by atoms with E-state index in [9.17, 15) is 9.59 Å². The molecule has 0 amide bonds. The van der Waals surface area contributed by atoms with Gasteiger partial charge < -0.3 is 14.4 Å². The second-order valence-electron chi connectivity index (χ2n) is 6.07. The first kappa shape index (κ1) is 17.2. The number of benzene rings is 1. The first-order chi connectivity index (χ1) is 12.2. The summed E-state index contributed by atoms with van der Waals surface area (Å²) in [6.07, 6.45) is 3.28. The molecule has 3 rings (SSSR count). The van der Waals surface area contributed by atoms with Gasteiger partial charge in [-0.2, -0.15) is 0 Å². The van der Waals surface area contributed by atoms with Crippen LogP contribution in [0.25, 0.3) is 10.8 Å². The molecule has 6 nitrogen and oxygen atoms in total. The Kier molecular flexibility index (Phi) is 5.16. The predicted octanol–water partition coefficient (Wildman–Crippen LogP) is 2.80. The van der Waals surface area contributed by atoms with Crippen molar-refractivity contribution in [2.45, 2.75) is 19.8 Å². The van der Waals surface area contributed by atoms with Crippen LogP contribution in [0.4, 0.5) is 5.82 Å². The zero-order chi connectivity index (χ0) is 17.8. The quantitative estimate of drug-likeness (QED) is 0.796. The highest BCUT2D eigenvalue weighted by Gasteiger charge is 2.28. The lowest BCUT2D eigenvalue weighted by Gasteiger charge is -2.33. The van der Waals surface area contributed by atoms with E-state index in [2.05, 4.69) is 9.88 Å². The summed E-state index contributed by atoms with van der Waals surface area (Å²) in [5, 5.41) is 1.69. The number of piperidine rings is 1. The molecule has 1 unspecified atom stereocenters. The number of hydrogen-bond acceptors (Lipinski definition) is 6. The Hall–Kier alpha value is -2.63. The maximum Gasteiger partial charge on any atom is 0.340 e.